The minimum Gasteiger partial charge on any atom is -0.349 e. The molecule has 0 heterocycles. The zero-order valence-corrected chi connectivity index (χ0v) is 14.8. The van der Waals surface area contributed by atoms with Crippen LogP contribution >= 0.6 is 12.4 Å². The number of nitrogens with zero attached hydrogens (tertiary/aromatic N) is 1. The van der Waals surface area contributed by atoms with Gasteiger partial charge in [0.25, 0.3) is 5.91 Å². The SMILES string of the molecule is CN(C(=O)C1CC1)c1ccccc1C(=O)NC1CCCC1CN.Cl. The summed E-state index contributed by atoms with van der Waals surface area (Å²) in [4.78, 5) is 26.6. The molecule has 0 radical (unpaired) electrons. The molecule has 0 aromatic heterocycles. The molecule has 2 saturated carbocycles. The monoisotopic (exact) mass is 351 g/mol. The average Bonchev–Trinajstić information content (AvgIpc) is 3.33. The number of rotatable bonds is 5. The van der Waals surface area contributed by atoms with E-state index in [0.29, 0.717) is 23.7 Å². The molecule has 5 nitrogen and oxygen atoms in total. The van der Waals surface area contributed by atoms with Gasteiger partial charge in [0.2, 0.25) is 5.91 Å². The van der Waals surface area contributed by atoms with Crippen molar-refractivity contribution >= 4 is 29.9 Å². The molecule has 2 aliphatic rings. The Morgan fingerprint density at radius 3 is 2.58 bits per heavy atom. The van der Waals surface area contributed by atoms with Gasteiger partial charge in [0, 0.05) is 19.0 Å². The van der Waals surface area contributed by atoms with Gasteiger partial charge < -0.3 is 16.0 Å². The molecule has 2 fully saturated rings. The van der Waals surface area contributed by atoms with E-state index in [1.165, 1.54) is 0 Å². The predicted molar refractivity (Wildman–Crippen MR) is 97.5 cm³/mol. The number of anilines is 1. The summed E-state index contributed by atoms with van der Waals surface area (Å²) in [6.07, 6.45) is 5.07. The molecule has 2 atom stereocenters. The van der Waals surface area contributed by atoms with Crippen molar-refractivity contribution in [3.05, 3.63) is 29.8 Å². The lowest BCUT2D eigenvalue weighted by atomic mass is 10.0. The minimum atomic E-state index is -0.110. The second-order valence-corrected chi connectivity index (χ2v) is 6.70. The number of carbonyl (C=O) groups excluding carboxylic acids is 2. The quantitative estimate of drug-likeness (QED) is 0.854. The fourth-order valence-corrected chi connectivity index (χ4v) is 3.44. The maximum atomic E-state index is 12.7. The van der Waals surface area contributed by atoms with Gasteiger partial charge in [0.05, 0.1) is 11.3 Å². The Bertz CT molecular complexity index is 604. The maximum Gasteiger partial charge on any atom is 0.253 e. The molecule has 0 aliphatic heterocycles. The summed E-state index contributed by atoms with van der Waals surface area (Å²) in [6.45, 7) is 0.604. The Balaban J connectivity index is 0.00000208. The number of hydrogen-bond donors (Lipinski definition) is 2. The standard InChI is InChI=1S/C18H25N3O2.ClH/c1-21(18(23)12-9-10-12)16-8-3-2-6-14(16)17(22)20-15-7-4-5-13(15)11-19;/h2-3,6,8,12-13,15H,4-5,7,9-11,19H2,1H3,(H,20,22);1H. The topological polar surface area (TPSA) is 75.4 Å². The summed E-state index contributed by atoms with van der Waals surface area (Å²) in [6, 6.07) is 7.46. The van der Waals surface area contributed by atoms with Crippen molar-refractivity contribution in [2.24, 2.45) is 17.6 Å². The van der Waals surface area contributed by atoms with E-state index in [1.54, 1.807) is 18.0 Å². The summed E-state index contributed by atoms with van der Waals surface area (Å²) in [7, 11) is 1.75. The number of nitrogens with one attached hydrogen (secondary N) is 1. The molecular weight excluding hydrogens is 326 g/mol. The Morgan fingerprint density at radius 2 is 1.92 bits per heavy atom. The Kier molecular flexibility index (Phi) is 6.24. The number of nitrogens with two attached hydrogens (primary N) is 1. The van der Waals surface area contributed by atoms with E-state index in [4.69, 9.17) is 5.73 Å². The van der Waals surface area contributed by atoms with Gasteiger partial charge in [0.15, 0.2) is 0 Å². The van der Waals surface area contributed by atoms with Crippen LogP contribution in [0.5, 0.6) is 0 Å². The second-order valence-electron chi connectivity index (χ2n) is 6.70. The van der Waals surface area contributed by atoms with Crippen LogP contribution in [0.3, 0.4) is 0 Å². The zero-order valence-electron chi connectivity index (χ0n) is 14.0. The van der Waals surface area contributed by atoms with Gasteiger partial charge in [-0.15, -0.1) is 12.4 Å². The van der Waals surface area contributed by atoms with Crippen LogP contribution < -0.4 is 16.0 Å². The molecule has 132 valence electrons. The van der Waals surface area contributed by atoms with E-state index >= 15 is 0 Å². The number of hydrogen-bond acceptors (Lipinski definition) is 3. The van der Waals surface area contributed by atoms with Crippen LogP contribution in [-0.2, 0) is 4.79 Å². The molecule has 3 rings (SSSR count). The van der Waals surface area contributed by atoms with Crippen LogP contribution in [0.2, 0.25) is 0 Å². The van der Waals surface area contributed by atoms with E-state index in [0.717, 1.165) is 32.1 Å². The van der Waals surface area contributed by atoms with Crippen LogP contribution in [0.1, 0.15) is 42.5 Å². The lowest BCUT2D eigenvalue weighted by molar-refractivity contribution is -0.119. The van der Waals surface area contributed by atoms with Crippen LogP contribution in [0.25, 0.3) is 0 Å². The third-order valence-corrected chi connectivity index (χ3v) is 5.05. The van der Waals surface area contributed by atoms with Gasteiger partial charge in [-0.25, -0.2) is 0 Å². The lowest BCUT2D eigenvalue weighted by Crippen LogP contribution is -2.40. The first kappa shape index (κ1) is 18.7. The number of para-hydroxylation sites is 1. The summed E-state index contributed by atoms with van der Waals surface area (Å²) in [5.41, 5.74) is 7.04. The molecule has 0 bridgehead atoms. The van der Waals surface area contributed by atoms with Crippen LogP contribution in [-0.4, -0.2) is 31.4 Å². The highest BCUT2D eigenvalue weighted by Crippen LogP contribution is 2.33. The van der Waals surface area contributed by atoms with Crippen molar-refractivity contribution in [2.45, 2.75) is 38.1 Å². The zero-order chi connectivity index (χ0) is 16.4. The summed E-state index contributed by atoms with van der Waals surface area (Å²) < 4.78 is 0. The molecule has 2 amide bonds. The smallest absolute Gasteiger partial charge is 0.253 e. The average molecular weight is 352 g/mol. The number of carbonyl (C=O) groups is 2. The normalized spacial score (nSPS) is 22.6. The lowest BCUT2D eigenvalue weighted by Gasteiger charge is -2.23. The number of benzene rings is 1. The molecule has 1 aromatic carbocycles. The molecule has 3 N–H and O–H groups in total. The minimum absolute atomic E-state index is 0. The summed E-state index contributed by atoms with van der Waals surface area (Å²) in [5.74, 6) is 0.483. The molecule has 1 aromatic rings. The molecule has 2 aliphatic carbocycles. The van der Waals surface area contributed by atoms with E-state index in [-0.39, 0.29) is 36.2 Å². The fraction of sp³-hybridized carbons (Fsp3) is 0.556. The third-order valence-electron chi connectivity index (χ3n) is 5.05. The Labute approximate surface area is 149 Å². The summed E-state index contributed by atoms with van der Waals surface area (Å²) in [5, 5.41) is 3.12. The van der Waals surface area contributed by atoms with Gasteiger partial charge in [-0.05, 0) is 50.3 Å². The van der Waals surface area contributed by atoms with Gasteiger partial charge in [-0.1, -0.05) is 18.6 Å². The van der Waals surface area contributed by atoms with Crippen LogP contribution in [0.4, 0.5) is 5.69 Å². The van der Waals surface area contributed by atoms with Crippen molar-refractivity contribution in [2.75, 3.05) is 18.5 Å². The van der Waals surface area contributed by atoms with Crippen molar-refractivity contribution in [1.82, 2.24) is 5.32 Å². The molecule has 0 spiro atoms. The Morgan fingerprint density at radius 1 is 1.21 bits per heavy atom. The predicted octanol–water partition coefficient (Wildman–Crippen LogP) is 2.34. The van der Waals surface area contributed by atoms with Crippen LogP contribution in [0, 0.1) is 11.8 Å². The van der Waals surface area contributed by atoms with E-state index in [2.05, 4.69) is 5.32 Å². The Hall–Kier alpha value is -1.59. The second kappa shape index (κ2) is 7.99. The largest absolute Gasteiger partial charge is 0.349 e. The molecule has 2 unspecified atom stereocenters. The third kappa shape index (κ3) is 3.90. The first-order chi connectivity index (χ1) is 11.1. The highest BCUT2D eigenvalue weighted by atomic mass is 35.5. The highest BCUT2D eigenvalue weighted by molar-refractivity contribution is 6.05. The van der Waals surface area contributed by atoms with E-state index in [1.807, 2.05) is 18.2 Å². The van der Waals surface area contributed by atoms with Crippen molar-refractivity contribution in [3.8, 4) is 0 Å². The van der Waals surface area contributed by atoms with Gasteiger partial charge in [-0.3, -0.25) is 9.59 Å². The fourth-order valence-electron chi connectivity index (χ4n) is 3.44. The molecule has 0 saturated heterocycles. The van der Waals surface area contributed by atoms with Crippen molar-refractivity contribution in [3.63, 3.8) is 0 Å². The van der Waals surface area contributed by atoms with Gasteiger partial charge in [0.1, 0.15) is 0 Å². The first-order valence-electron chi connectivity index (χ1n) is 8.49. The van der Waals surface area contributed by atoms with E-state index in [9.17, 15) is 9.59 Å². The summed E-state index contributed by atoms with van der Waals surface area (Å²) >= 11 is 0. The van der Waals surface area contributed by atoms with Crippen molar-refractivity contribution < 1.29 is 9.59 Å². The molecular formula is C18H26ClN3O2. The van der Waals surface area contributed by atoms with Crippen LogP contribution in [0.15, 0.2) is 24.3 Å². The molecule has 6 heteroatoms. The van der Waals surface area contributed by atoms with E-state index < -0.39 is 0 Å². The maximum absolute atomic E-state index is 12.7. The first-order valence-corrected chi connectivity index (χ1v) is 8.49. The van der Waals surface area contributed by atoms with Crippen molar-refractivity contribution in [1.29, 1.82) is 0 Å². The molecule has 24 heavy (non-hydrogen) atoms. The highest BCUT2D eigenvalue weighted by Gasteiger charge is 2.34. The van der Waals surface area contributed by atoms with Gasteiger partial charge >= 0.3 is 0 Å². The number of halogens is 1. The number of amides is 2. The van der Waals surface area contributed by atoms with Gasteiger partial charge in [-0.2, -0.15) is 0 Å².